The third-order valence-corrected chi connectivity index (χ3v) is 11.3. The molecule has 1 aromatic carbocycles. The molecule has 2 aliphatic carbocycles. The minimum atomic E-state index is -1.64. The van der Waals surface area contributed by atoms with Gasteiger partial charge in [-0.2, -0.15) is 0 Å². The lowest BCUT2D eigenvalue weighted by Crippen LogP contribution is -2.55. The van der Waals surface area contributed by atoms with Gasteiger partial charge in [0.05, 0.1) is 0 Å². The number of hydrogen-bond acceptors (Lipinski definition) is 0. The van der Waals surface area contributed by atoms with Crippen LogP contribution in [0, 0.1) is 5.54 Å². The maximum Gasteiger partial charge on any atom is 0.102 e. The molecular formula is C20H27Si. The maximum atomic E-state index is 2.63. The van der Waals surface area contributed by atoms with E-state index in [1.54, 1.807) is 10.7 Å². The summed E-state index contributed by atoms with van der Waals surface area (Å²) in [6.07, 6.45) is 11.8. The van der Waals surface area contributed by atoms with Gasteiger partial charge in [-0.3, -0.25) is 0 Å². The van der Waals surface area contributed by atoms with Gasteiger partial charge in [-0.15, -0.1) is 0 Å². The molecule has 0 spiro atoms. The van der Waals surface area contributed by atoms with E-state index >= 15 is 0 Å². The Kier molecular flexibility index (Phi) is 4.21. The van der Waals surface area contributed by atoms with Crippen LogP contribution in [-0.2, 0) is 0 Å². The van der Waals surface area contributed by atoms with Crippen LogP contribution in [0.3, 0.4) is 0 Å². The lowest BCUT2D eigenvalue weighted by Gasteiger charge is -2.44. The predicted molar refractivity (Wildman–Crippen MR) is 95.3 cm³/mol. The molecule has 21 heavy (non-hydrogen) atoms. The molecule has 0 aromatic heterocycles. The van der Waals surface area contributed by atoms with Gasteiger partial charge < -0.3 is 0 Å². The van der Waals surface area contributed by atoms with E-state index in [-0.39, 0.29) is 0 Å². The van der Waals surface area contributed by atoms with Gasteiger partial charge in [0.1, 0.15) is 8.07 Å². The van der Waals surface area contributed by atoms with E-state index in [4.69, 9.17) is 0 Å². The second-order valence-corrected chi connectivity index (χ2v) is 11.3. The highest BCUT2D eigenvalue weighted by Gasteiger charge is 2.47. The van der Waals surface area contributed by atoms with Crippen molar-refractivity contribution in [2.24, 2.45) is 0 Å². The summed E-state index contributed by atoms with van der Waals surface area (Å²) >= 11 is 0. The number of benzene rings is 1. The molecule has 0 saturated heterocycles. The Hall–Kier alpha value is -1.08. The van der Waals surface area contributed by atoms with Crippen LogP contribution in [0.15, 0.2) is 53.6 Å². The highest BCUT2D eigenvalue weighted by Crippen LogP contribution is 2.47. The van der Waals surface area contributed by atoms with Crippen molar-refractivity contribution in [1.29, 1.82) is 0 Å². The zero-order valence-electron chi connectivity index (χ0n) is 13.7. The van der Waals surface area contributed by atoms with Gasteiger partial charge in [0.2, 0.25) is 0 Å². The first-order valence-electron chi connectivity index (χ1n) is 8.43. The quantitative estimate of drug-likeness (QED) is 0.661. The van der Waals surface area contributed by atoms with Crippen molar-refractivity contribution in [2.45, 2.75) is 58.0 Å². The third-order valence-electron chi connectivity index (χ3n) is 5.69. The van der Waals surface area contributed by atoms with E-state index in [2.05, 4.69) is 62.9 Å². The molecular weight excluding hydrogens is 268 g/mol. The van der Waals surface area contributed by atoms with E-state index in [9.17, 15) is 0 Å². The molecule has 1 radical (unpaired) electrons. The first-order chi connectivity index (χ1) is 10.1. The van der Waals surface area contributed by atoms with Crippen LogP contribution in [0.1, 0.15) is 46.0 Å². The Balaban J connectivity index is 2.06. The van der Waals surface area contributed by atoms with Crippen molar-refractivity contribution in [3.63, 3.8) is 0 Å². The summed E-state index contributed by atoms with van der Waals surface area (Å²) in [5.74, 6) is 0. The van der Waals surface area contributed by atoms with Gasteiger partial charge in [-0.05, 0) is 19.4 Å². The normalized spacial score (nSPS) is 23.6. The lowest BCUT2D eigenvalue weighted by atomic mass is 10.0. The van der Waals surface area contributed by atoms with Crippen LogP contribution in [0.25, 0.3) is 0 Å². The van der Waals surface area contributed by atoms with Crippen molar-refractivity contribution >= 4 is 13.3 Å². The molecule has 2 aliphatic rings. The summed E-state index contributed by atoms with van der Waals surface area (Å²) in [5, 5.41) is 1.63. The largest absolute Gasteiger partial charge is 0.102 e. The van der Waals surface area contributed by atoms with Crippen LogP contribution in [0.5, 0.6) is 0 Å². The fourth-order valence-electron chi connectivity index (χ4n) is 4.60. The highest BCUT2D eigenvalue weighted by atomic mass is 28.3. The lowest BCUT2D eigenvalue weighted by molar-refractivity contribution is 0.493. The van der Waals surface area contributed by atoms with Crippen molar-refractivity contribution in [2.75, 3.05) is 0 Å². The van der Waals surface area contributed by atoms with Gasteiger partial charge in [-0.1, -0.05) is 97.5 Å². The van der Waals surface area contributed by atoms with Crippen LogP contribution in [0.2, 0.25) is 12.1 Å². The molecule has 0 N–H and O–H groups in total. The molecule has 1 saturated carbocycles. The zero-order chi connectivity index (χ0) is 14.9. The fraction of sp³-hybridized carbons (Fsp3) is 0.450. The number of rotatable bonds is 3. The average molecular weight is 296 g/mol. The minimum absolute atomic E-state index is 0.911. The second-order valence-electron chi connectivity index (χ2n) is 6.98. The molecule has 0 aliphatic heterocycles. The molecule has 1 fully saturated rings. The van der Waals surface area contributed by atoms with E-state index in [0.717, 1.165) is 5.54 Å². The Bertz CT molecular complexity index is 530. The predicted octanol–water partition coefficient (Wildman–Crippen LogP) is 5.33. The van der Waals surface area contributed by atoms with E-state index in [1.807, 2.05) is 0 Å². The summed E-state index contributed by atoms with van der Waals surface area (Å²) in [5.41, 5.74) is 5.68. The van der Waals surface area contributed by atoms with Crippen molar-refractivity contribution in [3.8, 4) is 0 Å². The van der Waals surface area contributed by atoms with Gasteiger partial charge in [-0.25, -0.2) is 0 Å². The third kappa shape index (κ3) is 2.57. The van der Waals surface area contributed by atoms with E-state index in [0.29, 0.717) is 0 Å². The highest BCUT2D eigenvalue weighted by molar-refractivity contribution is 6.97. The van der Waals surface area contributed by atoms with Crippen LogP contribution in [0.4, 0.5) is 0 Å². The topological polar surface area (TPSA) is 0 Å². The molecule has 1 heteroatoms. The fourth-order valence-corrected chi connectivity index (χ4v) is 10.0. The average Bonchev–Trinajstić information content (AvgIpc) is 2.88. The Labute approximate surface area is 131 Å². The minimum Gasteiger partial charge on any atom is -0.0645 e. The van der Waals surface area contributed by atoms with E-state index in [1.165, 1.54) is 43.3 Å². The Morgan fingerprint density at radius 3 is 2.00 bits per heavy atom. The molecule has 0 bridgehead atoms. The molecule has 0 amide bonds. The Morgan fingerprint density at radius 2 is 1.43 bits per heavy atom. The molecule has 0 heterocycles. The molecule has 1 unspecified atom stereocenters. The monoisotopic (exact) mass is 295 g/mol. The smallest absolute Gasteiger partial charge is 0.0645 e. The van der Waals surface area contributed by atoms with Crippen molar-refractivity contribution < 1.29 is 0 Å². The maximum absolute atomic E-state index is 2.63. The van der Waals surface area contributed by atoms with Crippen molar-refractivity contribution in [3.05, 3.63) is 59.2 Å². The van der Waals surface area contributed by atoms with Crippen LogP contribution >= 0.6 is 0 Å². The number of hydrogen-bond donors (Lipinski definition) is 0. The SMILES string of the molecule is CC1=CC=C(C)[C]1[Si](C)(c1ccccc1)C1CCCCC1. The zero-order valence-corrected chi connectivity index (χ0v) is 14.7. The molecule has 1 atom stereocenters. The van der Waals surface area contributed by atoms with Gasteiger partial charge in [0.25, 0.3) is 0 Å². The first kappa shape index (κ1) is 14.8. The van der Waals surface area contributed by atoms with Crippen LogP contribution < -0.4 is 5.19 Å². The molecule has 111 valence electrons. The van der Waals surface area contributed by atoms with Gasteiger partial charge in [0, 0.05) is 5.54 Å². The first-order valence-corrected chi connectivity index (χ1v) is 11.0. The van der Waals surface area contributed by atoms with Crippen molar-refractivity contribution in [1.82, 2.24) is 0 Å². The summed E-state index contributed by atoms with van der Waals surface area (Å²) in [4.78, 5) is 0. The molecule has 1 aromatic rings. The summed E-state index contributed by atoms with van der Waals surface area (Å²) in [6, 6.07) is 11.4. The summed E-state index contributed by atoms with van der Waals surface area (Å²) in [6.45, 7) is 7.27. The van der Waals surface area contributed by atoms with E-state index < -0.39 is 8.07 Å². The summed E-state index contributed by atoms with van der Waals surface area (Å²) < 4.78 is 0. The van der Waals surface area contributed by atoms with Gasteiger partial charge in [0.15, 0.2) is 0 Å². The Morgan fingerprint density at radius 1 is 0.857 bits per heavy atom. The molecule has 3 rings (SSSR count). The number of allylic oxidation sites excluding steroid dienone is 4. The summed E-state index contributed by atoms with van der Waals surface area (Å²) in [7, 11) is -1.64. The standard InChI is InChI=1S/C20H27Si/c1-16-14-15-17(2)20(16)21(3,18-10-6-4-7-11-18)19-12-8-5-9-13-19/h4,6-7,10-11,14-15,19H,5,8-9,12-13H2,1-3H3. The van der Waals surface area contributed by atoms with Gasteiger partial charge >= 0.3 is 0 Å². The molecule has 0 nitrogen and oxygen atoms in total. The van der Waals surface area contributed by atoms with Crippen LogP contribution in [-0.4, -0.2) is 8.07 Å². The second kappa shape index (κ2) is 5.96.